The van der Waals surface area contributed by atoms with Crippen LogP contribution in [-0.2, 0) is 4.74 Å². The summed E-state index contributed by atoms with van der Waals surface area (Å²) in [6, 6.07) is 0. The van der Waals surface area contributed by atoms with Crippen molar-refractivity contribution >= 4 is 15.9 Å². The largest absolute Gasteiger partial charge is 0.381 e. The Morgan fingerprint density at radius 3 is 2.54 bits per heavy atom. The minimum atomic E-state index is 0.957. The Kier molecular flexibility index (Phi) is 6.92. The summed E-state index contributed by atoms with van der Waals surface area (Å²) in [4.78, 5) is 0. The molecule has 1 rings (SSSR count). The van der Waals surface area contributed by atoms with Crippen LogP contribution in [0, 0.1) is 5.92 Å². The van der Waals surface area contributed by atoms with E-state index in [4.69, 9.17) is 4.74 Å². The summed E-state index contributed by atoms with van der Waals surface area (Å²) in [6.45, 7) is 1.95. The van der Waals surface area contributed by atoms with E-state index < -0.39 is 0 Å². The minimum absolute atomic E-state index is 0.957. The van der Waals surface area contributed by atoms with Crippen LogP contribution in [0.25, 0.3) is 0 Å². The van der Waals surface area contributed by atoms with Crippen LogP contribution in [0.15, 0.2) is 0 Å². The monoisotopic (exact) mass is 248 g/mol. The molecule has 0 unspecified atom stereocenters. The standard InChI is InChI=1S/C11H21BrO/c12-8-3-4-9-13-10-7-11-5-1-2-6-11/h11H,1-10H2. The zero-order valence-electron chi connectivity index (χ0n) is 8.43. The number of hydrogen-bond acceptors (Lipinski definition) is 1. The number of alkyl halides is 1. The maximum absolute atomic E-state index is 5.58. The lowest BCUT2D eigenvalue weighted by Crippen LogP contribution is -2.02. The molecule has 0 N–H and O–H groups in total. The van der Waals surface area contributed by atoms with Crippen LogP contribution in [-0.4, -0.2) is 18.5 Å². The van der Waals surface area contributed by atoms with Crippen LogP contribution < -0.4 is 0 Å². The Bertz CT molecular complexity index is 111. The highest BCUT2D eigenvalue weighted by Crippen LogP contribution is 2.27. The smallest absolute Gasteiger partial charge is 0.0468 e. The summed E-state index contributed by atoms with van der Waals surface area (Å²) < 4.78 is 5.58. The molecule has 0 aromatic heterocycles. The molecular formula is C11H21BrO. The Morgan fingerprint density at radius 2 is 1.85 bits per heavy atom. The second-order valence-electron chi connectivity index (χ2n) is 3.95. The molecule has 0 spiro atoms. The maximum atomic E-state index is 5.58. The number of rotatable bonds is 7. The van der Waals surface area contributed by atoms with Gasteiger partial charge in [0.1, 0.15) is 0 Å². The second-order valence-corrected chi connectivity index (χ2v) is 4.74. The Morgan fingerprint density at radius 1 is 1.08 bits per heavy atom. The van der Waals surface area contributed by atoms with Gasteiger partial charge in [0, 0.05) is 18.5 Å². The van der Waals surface area contributed by atoms with Crippen molar-refractivity contribution in [2.24, 2.45) is 5.92 Å². The molecule has 1 aliphatic carbocycles. The van der Waals surface area contributed by atoms with Crippen LogP contribution in [0.4, 0.5) is 0 Å². The summed E-state index contributed by atoms with van der Waals surface area (Å²) >= 11 is 3.42. The number of hydrogen-bond donors (Lipinski definition) is 0. The zero-order chi connectivity index (χ0) is 9.36. The van der Waals surface area contributed by atoms with Crippen LogP contribution >= 0.6 is 15.9 Å². The topological polar surface area (TPSA) is 9.23 Å². The molecule has 78 valence electrons. The van der Waals surface area contributed by atoms with Gasteiger partial charge in [-0.1, -0.05) is 41.6 Å². The van der Waals surface area contributed by atoms with Gasteiger partial charge in [0.2, 0.25) is 0 Å². The van der Waals surface area contributed by atoms with E-state index in [2.05, 4.69) is 15.9 Å². The third-order valence-electron chi connectivity index (χ3n) is 2.82. The Balaban J connectivity index is 1.78. The number of halogens is 1. The highest BCUT2D eigenvalue weighted by atomic mass is 79.9. The van der Waals surface area contributed by atoms with E-state index in [1.54, 1.807) is 0 Å². The molecule has 2 heteroatoms. The minimum Gasteiger partial charge on any atom is -0.381 e. The van der Waals surface area contributed by atoms with E-state index in [0.717, 1.165) is 24.5 Å². The molecule has 1 fully saturated rings. The lowest BCUT2D eigenvalue weighted by atomic mass is 10.1. The summed E-state index contributed by atoms with van der Waals surface area (Å²) in [5.41, 5.74) is 0. The first-order valence-electron chi connectivity index (χ1n) is 5.57. The highest BCUT2D eigenvalue weighted by molar-refractivity contribution is 9.09. The van der Waals surface area contributed by atoms with Crippen molar-refractivity contribution in [2.75, 3.05) is 18.5 Å². The van der Waals surface area contributed by atoms with Gasteiger partial charge < -0.3 is 4.74 Å². The summed E-state index contributed by atoms with van der Waals surface area (Å²) in [5, 5.41) is 1.11. The third kappa shape index (κ3) is 5.69. The van der Waals surface area contributed by atoms with E-state index in [9.17, 15) is 0 Å². The van der Waals surface area contributed by atoms with Crippen molar-refractivity contribution in [2.45, 2.75) is 44.9 Å². The van der Waals surface area contributed by atoms with Gasteiger partial charge in [-0.15, -0.1) is 0 Å². The van der Waals surface area contributed by atoms with Gasteiger partial charge >= 0.3 is 0 Å². The van der Waals surface area contributed by atoms with Crippen molar-refractivity contribution in [1.29, 1.82) is 0 Å². The molecule has 0 bridgehead atoms. The molecule has 1 saturated carbocycles. The zero-order valence-corrected chi connectivity index (χ0v) is 10.0. The van der Waals surface area contributed by atoms with Crippen molar-refractivity contribution in [3.05, 3.63) is 0 Å². The molecule has 13 heavy (non-hydrogen) atoms. The molecule has 0 saturated heterocycles. The fourth-order valence-electron chi connectivity index (χ4n) is 1.95. The maximum Gasteiger partial charge on any atom is 0.0468 e. The molecular weight excluding hydrogens is 228 g/mol. The first-order valence-corrected chi connectivity index (χ1v) is 6.69. The van der Waals surface area contributed by atoms with Crippen LogP contribution in [0.5, 0.6) is 0 Å². The average molecular weight is 249 g/mol. The fourth-order valence-corrected chi connectivity index (χ4v) is 2.35. The summed E-state index contributed by atoms with van der Waals surface area (Å²) in [5.74, 6) is 0.983. The molecule has 1 nitrogen and oxygen atoms in total. The van der Waals surface area contributed by atoms with Crippen LogP contribution in [0.3, 0.4) is 0 Å². The molecule has 1 aliphatic rings. The molecule has 0 aromatic rings. The van der Waals surface area contributed by atoms with Gasteiger partial charge in [-0.05, 0) is 25.2 Å². The second kappa shape index (κ2) is 7.81. The summed E-state index contributed by atoms with van der Waals surface area (Å²) in [7, 11) is 0. The van der Waals surface area contributed by atoms with Gasteiger partial charge in [0.25, 0.3) is 0 Å². The van der Waals surface area contributed by atoms with Gasteiger partial charge in [0.15, 0.2) is 0 Å². The van der Waals surface area contributed by atoms with Crippen molar-refractivity contribution in [3.63, 3.8) is 0 Å². The Labute approximate surface area is 90.4 Å². The normalized spacial score (nSPS) is 18.2. The number of unbranched alkanes of at least 4 members (excludes halogenated alkanes) is 1. The molecule has 0 aliphatic heterocycles. The lowest BCUT2D eigenvalue weighted by Gasteiger charge is -2.08. The van der Waals surface area contributed by atoms with E-state index in [1.165, 1.54) is 44.9 Å². The molecule has 0 aromatic carbocycles. The van der Waals surface area contributed by atoms with E-state index >= 15 is 0 Å². The molecule has 0 amide bonds. The van der Waals surface area contributed by atoms with Gasteiger partial charge in [-0.2, -0.15) is 0 Å². The van der Waals surface area contributed by atoms with E-state index in [0.29, 0.717) is 0 Å². The van der Waals surface area contributed by atoms with Crippen molar-refractivity contribution in [1.82, 2.24) is 0 Å². The first kappa shape index (κ1) is 11.5. The molecule has 0 radical (unpaired) electrons. The van der Waals surface area contributed by atoms with Crippen molar-refractivity contribution in [3.8, 4) is 0 Å². The van der Waals surface area contributed by atoms with E-state index in [1.807, 2.05) is 0 Å². The third-order valence-corrected chi connectivity index (χ3v) is 3.38. The van der Waals surface area contributed by atoms with Crippen LogP contribution in [0.1, 0.15) is 44.9 Å². The molecule has 0 heterocycles. The predicted molar refractivity (Wildman–Crippen MR) is 60.4 cm³/mol. The average Bonchev–Trinajstić information content (AvgIpc) is 2.63. The highest BCUT2D eigenvalue weighted by Gasteiger charge is 2.13. The van der Waals surface area contributed by atoms with Gasteiger partial charge in [-0.25, -0.2) is 0 Å². The van der Waals surface area contributed by atoms with E-state index in [-0.39, 0.29) is 0 Å². The first-order chi connectivity index (χ1) is 6.43. The lowest BCUT2D eigenvalue weighted by molar-refractivity contribution is 0.118. The van der Waals surface area contributed by atoms with Gasteiger partial charge in [0.05, 0.1) is 0 Å². The summed E-state index contributed by atoms with van der Waals surface area (Å²) in [6.07, 6.45) is 9.55. The van der Waals surface area contributed by atoms with Crippen LogP contribution in [0.2, 0.25) is 0 Å². The molecule has 0 atom stereocenters. The number of ether oxygens (including phenoxy) is 1. The van der Waals surface area contributed by atoms with Crippen molar-refractivity contribution < 1.29 is 4.74 Å². The quantitative estimate of drug-likeness (QED) is 0.493. The fraction of sp³-hybridized carbons (Fsp3) is 1.00. The van der Waals surface area contributed by atoms with Gasteiger partial charge in [-0.3, -0.25) is 0 Å². The SMILES string of the molecule is BrCCCCOCCC1CCCC1. The predicted octanol–water partition coefficient (Wildman–Crippen LogP) is 3.76. The Hall–Kier alpha value is 0.440.